The first kappa shape index (κ1) is 26.9. The zero-order valence-electron chi connectivity index (χ0n) is 22.4. The monoisotopic (exact) mass is 548 g/mol. The van der Waals surface area contributed by atoms with Crippen molar-refractivity contribution in [3.8, 4) is 11.1 Å². The molecule has 1 N–H and O–H groups in total. The zero-order chi connectivity index (χ0) is 27.7. The summed E-state index contributed by atoms with van der Waals surface area (Å²) in [5.74, 6) is -0.277. The van der Waals surface area contributed by atoms with Crippen LogP contribution in [-0.2, 0) is 4.74 Å². The third kappa shape index (κ3) is 6.33. The van der Waals surface area contributed by atoms with Crippen molar-refractivity contribution in [1.29, 1.82) is 0 Å². The van der Waals surface area contributed by atoms with E-state index < -0.39 is 11.6 Å². The number of aromatic carboxylic acids is 1. The molecule has 9 heteroatoms. The lowest BCUT2D eigenvalue weighted by Gasteiger charge is -2.39. The summed E-state index contributed by atoms with van der Waals surface area (Å²) >= 11 is 6.03. The van der Waals surface area contributed by atoms with Gasteiger partial charge in [-0.3, -0.25) is 0 Å². The summed E-state index contributed by atoms with van der Waals surface area (Å²) < 4.78 is 5.85. The van der Waals surface area contributed by atoms with Crippen LogP contribution in [0.5, 0.6) is 0 Å². The van der Waals surface area contributed by atoms with Gasteiger partial charge < -0.3 is 19.6 Å². The van der Waals surface area contributed by atoms with Crippen molar-refractivity contribution >= 4 is 29.6 Å². The summed E-state index contributed by atoms with van der Waals surface area (Å²) in [6.07, 6.45) is 4.80. The molecule has 204 valence electrons. The molecule has 0 radical (unpaired) electrons. The Balaban J connectivity index is 1.28. The Bertz CT molecular complexity index is 1320. The molecule has 39 heavy (non-hydrogen) atoms. The van der Waals surface area contributed by atoms with Gasteiger partial charge in [-0.05, 0) is 68.9 Å². The Morgan fingerprint density at radius 3 is 2.08 bits per heavy atom. The number of ether oxygens (including phenoxy) is 1. The molecule has 3 aromatic rings. The number of hydrogen-bond donors (Lipinski definition) is 1. The second kappa shape index (κ2) is 10.8. The molecule has 2 heterocycles. The molecule has 1 aliphatic heterocycles. The van der Waals surface area contributed by atoms with E-state index in [0.29, 0.717) is 24.1 Å². The molecule has 1 saturated carbocycles. The molecule has 2 unspecified atom stereocenters. The first-order valence-electron chi connectivity index (χ1n) is 13.3. The van der Waals surface area contributed by atoms with Gasteiger partial charge in [0.25, 0.3) is 0 Å². The van der Waals surface area contributed by atoms with Crippen molar-refractivity contribution < 1.29 is 19.4 Å². The molecule has 0 bridgehead atoms. The molecule has 1 aliphatic carbocycles. The molecule has 2 fully saturated rings. The number of carboxylic acid groups (broad SMARTS) is 1. The second-order valence-corrected chi connectivity index (χ2v) is 11.7. The molecular weight excluding hydrogens is 516 g/mol. The van der Waals surface area contributed by atoms with Crippen LogP contribution in [0.1, 0.15) is 61.9 Å². The van der Waals surface area contributed by atoms with Gasteiger partial charge in [0.05, 0.1) is 5.56 Å². The fourth-order valence-corrected chi connectivity index (χ4v) is 5.35. The van der Waals surface area contributed by atoms with Gasteiger partial charge in [-0.1, -0.05) is 48.0 Å². The summed E-state index contributed by atoms with van der Waals surface area (Å²) in [7, 11) is 0. The Kier molecular flexibility index (Phi) is 7.49. The first-order chi connectivity index (χ1) is 18.6. The number of nitrogens with zero attached hydrogens (tertiary/aromatic N) is 4. The Morgan fingerprint density at radius 2 is 1.54 bits per heavy atom. The Hall–Kier alpha value is -3.65. The SMILES string of the molecule is CC(C)(C)OC(=O)N(C1CCN(c2ncc(C(=O)O)cn2)CC1)C1CC1c1ccc(-c2ccc(Cl)cc2)cc1. The van der Waals surface area contributed by atoms with Crippen LogP contribution in [0.2, 0.25) is 5.02 Å². The number of hydrogen-bond acceptors (Lipinski definition) is 6. The molecule has 1 aromatic heterocycles. The minimum absolute atomic E-state index is 0.0396. The van der Waals surface area contributed by atoms with Crippen LogP contribution in [0.3, 0.4) is 0 Å². The van der Waals surface area contributed by atoms with Gasteiger partial charge >= 0.3 is 12.1 Å². The number of aromatic nitrogens is 2. The lowest BCUT2D eigenvalue weighted by Crippen LogP contribution is -2.50. The fraction of sp³-hybridized carbons (Fsp3) is 0.400. The average Bonchev–Trinajstić information content (AvgIpc) is 3.69. The van der Waals surface area contributed by atoms with Crippen molar-refractivity contribution in [2.24, 2.45) is 0 Å². The number of carbonyl (C=O) groups excluding carboxylic acids is 1. The largest absolute Gasteiger partial charge is 0.478 e. The highest BCUT2D eigenvalue weighted by Gasteiger charge is 2.49. The summed E-state index contributed by atoms with van der Waals surface area (Å²) in [5.41, 5.74) is 2.94. The molecule has 8 nitrogen and oxygen atoms in total. The molecule has 0 spiro atoms. The predicted octanol–water partition coefficient (Wildman–Crippen LogP) is 6.26. The molecular formula is C30H33ClN4O4. The lowest BCUT2D eigenvalue weighted by atomic mass is 10.0. The van der Waals surface area contributed by atoms with Crippen LogP contribution in [0.4, 0.5) is 10.7 Å². The number of carbonyl (C=O) groups is 2. The van der Waals surface area contributed by atoms with Crippen molar-refractivity contribution in [2.45, 2.75) is 63.6 Å². The van der Waals surface area contributed by atoms with E-state index in [4.69, 9.17) is 21.4 Å². The van der Waals surface area contributed by atoms with E-state index in [2.05, 4.69) is 34.2 Å². The van der Waals surface area contributed by atoms with Crippen molar-refractivity contribution in [3.63, 3.8) is 0 Å². The maximum atomic E-state index is 13.4. The van der Waals surface area contributed by atoms with Gasteiger partial charge in [0.1, 0.15) is 5.60 Å². The van der Waals surface area contributed by atoms with E-state index in [1.54, 1.807) is 0 Å². The van der Waals surface area contributed by atoms with E-state index in [-0.39, 0.29) is 29.7 Å². The fourth-order valence-electron chi connectivity index (χ4n) is 5.22. The van der Waals surface area contributed by atoms with Crippen molar-refractivity contribution in [1.82, 2.24) is 14.9 Å². The van der Waals surface area contributed by atoms with E-state index in [1.165, 1.54) is 18.0 Å². The molecule has 1 amide bonds. The number of amides is 1. The van der Waals surface area contributed by atoms with Crippen LogP contribution >= 0.6 is 11.6 Å². The highest BCUT2D eigenvalue weighted by Crippen LogP contribution is 2.47. The highest BCUT2D eigenvalue weighted by atomic mass is 35.5. The van der Waals surface area contributed by atoms with Crippen LogP contribution in [-0.4, -0.2) is 62.8 Å². The molecule has 2 aliphatic rings. The number of halogens is 1. The number of carboxylic acids is 1. The van der Waals surface area contributed by atoms with E-state index in [0.717, 1.165) is 30.4 Å². The molecule has 1 saturated heterocycles. The summed E-state index contributed by atoms with van der Waals surface area (Å²) in [5, 5.41) is 9.82. The Labute approximate surface area is 233 Å². The van der Waals surface area contributed by atoms with E-state index in [9.17, 15) is 9.59 Å². The third-order valence-electron chi connectivity index (χ3n) is 7.26. The lowest BCUT2D eigenvalue weighted by molar-refractivity contribution is 0.0108. The van der Waals surface area contributed by atoms with Crippen molar-refractivity contribution in [2.75, 3.05) is 18.0 Å². The van der Waals surface area contributed by atoms with Gasteiger partial charge in [0.15, 0.2) is 0 Å². The molecule has 2 atom stereocenters. The number of benzene rings is 2. The van der Waals surface area contributed by atoms with Crippen LogP contribution < -0.4 is 4.90 Å². The number of anilines is 1. The zero-order valence-corrected chi connectivity index (χ0v) is 23.1. The van der Waals surface area contributed by atoms with Crippen LogP contribution in [0.25, 0.3) is 11.1 Å². The third-order valence-corrected chi connectivity index (χ3v) is 7.51. The summed E-state index contributed by atoms with van der Waals surface area (Å²) in [6.45, 7) is 7.02. The number of rotatable bonds is 6. The van der Waals surface area contributed by atoms with Crippen LogP contribution in [0.15, 0.2) is 60.9 Å². The molecule has 5 rings (SSSR count). The molecule has 2 aromatic carbocycles. The maximum absolute atomic E-state index is 13.4. The highest BCUT2D eigenvalue weighted by molar-refractivity contribution is 6.30. The van der Waals surface area contributed by atoms with E-state index >= 15 is 0 Å². The van der Waals surface area contributed by atoms with E-state index in [1.807, 2.05) is 54.8 Å². The first-order valence-corrected chi connectivity index (χ1v) is 13.6. The quantitative estimate of drug-likeness (QED) is 0.388. The van der Waals surface area contributed by atoms with Gasteiger partial charge in [-0.25, -0.2) is 19.6 Å². The van der Waals surface area contributed by atoms with Gasteiger partial charge in [-0.15, -0.1) is 0 Å². The normalized spacial score (nSPS) is 19.4. The minimum atomic E-state index is -1.05. The Morgan fingerprint density at radius 1 is 0.974 bits per heavy atom. The topological polar surface area (TPSA) is 95.9 Å². The summed E-state index contributed by atoms with van der Waals surface area (Å²) in [4.78, 5) is 37.0. The average molecular weight is 549 g/mol. The minimum Gasteiger partial charge on any atom is -0.478 e. The van der Waals surface area contributed by atoms with Crippen LogP contribution in [0, 0.1) is 0 Å². The smallest absolute Gasteiger partial charge is 0.410 e. The second-order valence-electron chi connectivity index (χ2n) is 11.2. The van der Waals surface area contributed by atoms with Crippen molar-refractivity contribution in [3.05, 3.63) is 77.1 Å². The van der Waals surface area contributed by atoms with Gasteiger partial charge in [0, 0.05) is 48.5 Å². The maximum Gasteiger partial charge on any atom is 0.410 e. The summed E-state index contributed by atoms with van der Waals surface area (Å²) in [6, 6.07) is 16.5. The van der Waals surface area contributed by atoms with Gasteiger partial charge in [0.2, 0.25) is 5.95 Å². The van der Waals surface area contributed by atoms with Gasteiger partial charge in [-0.2, -0.15) is 0 Å². The number of piperidine rings is 1. The standard InChI is InChI=1S/C30H33ClN4O4/c1-30(2,3)39-29(38)35(24-12-14-34(15-13-24)28-32-17-22(18-33-28)27(36)37)26-16-25(26)21-6-4-19(5-7-21)20-8-10-23(31)11-9-20/h4-11,17-18,24-26H,12-16H2,1-3H3,(H,36,37). The predicted molar refractivity (Wildman–Crippen MR) is 150 cm³/mol.